The topological polar surface area (TPSA) is 47.7 Å². The monoisotopic (exact) mass is 242 g/mol. The van der Waals surface area contributed by atoms with Crippen LogP contribution in [0.1, 0.15) is 32.1 Å². The molecule has 0 amide bonds. The summed E-state index contributed by atoms with van der Waals surface area (Å²) in [5, 5.41) is 0. The molecule has 0 aliphatic carbocycles. The normalized spacial score (nSPS) is 25.2. The van der Waals surface area contributed by atoms with Crippen LogP contribution in [-0.2, 0) is 9.47 Å². The molecule has 0 aromatic heterocycles. The van der Waals surface area contributed by atoms with Crippen molar-refractivity contribution in [2.45, 2.75) is 37.7 Å². The fourth-order valence-corrected chi connectivity index (χ4v) is 2.73. The average molecular weight is 242 g/mol. The van der Waals surface area contributed by atoms with Crippen molar-refractivity contribution in [3.63, 3.8) is 0 Å². The molecule has 0 atom stereocenters. The van der Waals surface area contributed by atoms with Gasteiger partial charge in [-0.25, -0.2) is 0 Å². The Balaban J connectivity index is 1.61. The van der Waals surface area contributed by atoms with E-state index in [9.17, 15) is 0 Å². The van der Waals surface area contributed by atoms with E-state index in [0.717, 1.165) is 39.1 Å². The molecule has 17 heavy (non-hydrogen) atoms. The highest BCUT2D eigenvalue weighted by atomic mass is 16.5. The number of nitrogens with zero attached hydrogens (tertiary/aromatic N) is 1. The van der Waals surface area contributed by atoms with E-state index in [-0.39, 0.29) is 5.60 Å². The second-order valence-electron chi connectivity index (χ2n) is 5.25. The largest absolute Gasteiger partial charge is 0.381 e. The van der Waals surface area contributed by atoms with E-state index in [1.54, 1.807) is 0 Å². The molecule has 2 N–H and O–H groups in total. The van der Waals surface area contributed by atoms with Gasteiger partial charge >= 0.3 is 0 Å². The molecule has 0 saturated carbocycles. The van der Waals surface area contributed by atoms with Crippen LogP contribution in [-0.4, -0.2) is 56.5 Å². The summed E-state index contributed by atoms with van der Waals surface area (Å²) < 4.78 is 11.4. The van der Waals surface area contributed by atoms with Crippen LogP contribution >= 0.6 is 0 Å². The van der Waals surface area contributed by atoms with E-state index >= 15 is 0 Å². The molecule has 0 bridgehead atoms. The highest BCUT2D eigenvalue weighted by Crippen LogP contribution is 2.24. The minimum Gasteiger partial charge on any atom is -0.381 e. The summed E-state index contributed by atoms with van der Waals surface area (Å²) in [6.07, 6.45) is 5.76. The maximum atomic E-state index is 6.05. The second kappa shape index (κ2) is 6.69. The zero-order valence-electron chi connectivity index (χ0n) is 10.8. The Kier molecular flexibility index (Phi) is 5.22. The van der Waals surface area contributed by atoms with Gasteiger partial charge in [0.2, 0.25) is 0 Å². The van der Waals surface area contributed by atoms with Gasteiger partial charge in [0.15, 0.2) is 0 Å². The fourth-order valence-electron chi connectivity index (χ4n) is 2.73. The smallest absolute Gasteiger partial charge is 0.0847 e. The summed E-state index contributed by atoms with van der Waals surface area (Å²) in [7, 11) is 0. The van der Waals surface area contributed by atoms with E-state index in [0.29, 0.717) is 6.54 Å². The van der Waals surface area contributed by atoms with Crippen molar-refractivity contribution in [1.82, 2.24) is 4.90 Å². The minimum atomic E-state index is -0.0940. The SMILES string of the molecule is NCC1(OCCCN2CCCC2)CCOCC1. The molecular weight excluding hydrogens is 216 g/mol. The van der Waals surface area contributed by atoms with Gasteiger partial charge in [0.25, 0.3) is 0 Å². The molecule has 2 heterocycles. The molecule has 2 saturated heterocycles. The molecule has 4 nitrogen and oxygen atoms in total. The van der Waals surface area contributed by atoms with Crippen LogP contribution in [0.5, 0.6) is 0 Å². The van der Waals surface area contributed by atoms with Crippen molar-refractivity contribution in [1.29, 1.82) is 0 Å². The number of hydrogen-bond donors (Lipinski definition) is 1. The van der Waals surface area contributed by atoms with Crippen LogP contribution < -0.4 is 5.73 Å². The molecule has 2 aliphatic heterocycles. The summed E-state index contributed by atoms with van der Waals surface area (Å²) >= 11 is 0. The standard InChI is InChI=1S/C13H26N2O2/c14-12-13(4-10-16-11-5-13)17-9-3-8-15-6-1-2-7-15/h1-12,14H2. The quantitative estimate of drug-likeness (QED) is 0.706. The molecular formula is C13H26N2O2. The lowest BCUT2D eigenvalue weighted by Gasteiger charge is -2.36. The Hall–Kier alpha value is -0.160. The van der Waals surface area contributed by atoms with Crippen LogP contribution in [0, 0.1) is 0 Å². The molecule has 0 aromatic carbocycles. The lowest BCUT2D eigenvalue weighted by molar-refractivity contribution is -0.106. The van der Waals surface area contributed by atoms with Crippen molar-refractivity contribution in [2.24, 2.45) is 5.73 Å². The molecule has 0 radical (unpaired) electrons. The first-order chi connectivity index (χ1) is 8.35. The van der Waals surface area contributed by atoms with Crippen molar-refractivity contribution < 1.29 is 9.47 Å². The Bertz CT molecular complexity index is 211. The van der Waals surface area contributed by atoms with Crippen molar-refractivity contribution >= 4 is 0 Å². The van der Waals surface area contributed by atoms with Crippen molar-refractivity contribution in [3.05, 3.63) is 0 Å². The predicted molar refractivity (Wildman–Crippen MR) is 68.1 cm³/mol. The summed E-state index contributed by atoms with van der Waals surface area (Å²) in [5.41, 5.74) is 5.76. The number of likely N-dealkylation sites (tertiary alicyclic amines) is 1. The molecule has 2 fully saturated rings. The lowest BCUT2D eigenvalue weighted by Crippen LogP contribution is -2.46. The van der Waals surface area contributed by atoms with Crippen molar-refractivity contribution in [3.8, 4) is 0 Å². The number of nitrogens with two attached hydrogens (primary N) is 1. The van der Waals surface area contributed by atoms with Gasteiger partial charge in [-0.05, 0) is 32.4 Å². The van der Waals surface area contributed by atoms with Crippen LogP contribution in [0.4, 0.5) is 0 Å². The highest BCUT2D eigenvalue weighted by molar-refractivity contribution is 4.84. The predicted octanol–water partition coefficient (Wildman–Crippen LogP) is 0.997. The van der Waals surface area contributed by atoms with Crippen LogP contribution in [0.3, 0.4) is 0 Å². The first-order valence-corrected chi connectivity index (χ1v) is 6.99. The first kappa shape index (κ1) is 13.3. The van der Waals surface area contributed by atoms with E-state index < -0.39 is 0 Å². The average Bonchev–Trinajstić information content (AvgIpc) is 2.89. The molecule has 0 unspecified atom stereocenters. The Morgan fingerprint density at radius 1 is 1.18 bits per heavy atom. The number of hydrogen-bond acceptors (Lipinski definition) is 4. The summed E-state index contributed by atoms with van der Waals surface area (Å²) in [5.74, 6) is 0. The lowest BCUT2D eigenvalue weighted by atomic mass is 9.94. The molecule has 4 heteroatoms. The van der Waals surface area contributed by atoms with Gasteiger partial charge in [-0.3, -0.25) is 0 Å². The third-order valence-corrected chi connectivity index (χ3v) is 4.00. The second-order valence-corrected chi connectivity index (χ2v) is 5.25. The van der Waals surface area contributed by atoms with E-state index in [1.165, 1.54) is 32.5 Å². The first-order valence-electron chi connectivity index (χ1n) is 6.99. The summed E-state index contributed by atoms with van der Waals surface area (Å²) in [4.78, 5) is 2.53. The van der Waals surface area contributed by atoms with Crippen LogP contribution in [0.2, 0.25) is 0 Å². The maximum absolute atomic E-state index is 6.05. The van der Waals surface area contributed by atoms with E-state index in [4.69, 9.17) is 15.2 Å². The summed E-state index contributed by atoms with van der Waals surface area (Å²) in [6.45, 7) is 6.78. The van der Waals surface area contributed by atoms with Gasteiger partial charge in [0.05, 0.1) is 5.60 Å². The third-order valence-electron chi connectivity index (χ3n) is 4.00. The molecule has 0 aromatic rings. The fraction of sp³-hybridized carbons (Fsp3) is 1.00. The molecule has 0 spiro atoms. The molecule has 2 rings (SSSR count). The minimum absolute atomic E-state index is 0.0940. The van der Waals surface area contributed by atoms with Gasteiger partial charge in [-0.2, -0.15) is 0 Å². The zero-order chi connectivity index (χ0) is 12.0. The Labute approximate surface area is 104 Å². The van der Waals surface area contributed by atoms with E-state index in [1.807, 2.05) is 0 Å². The van der Waals surface area contributed by atoms with Crippen LogP contribution in [0.15, 0.2) is 0 Å². The highest BCUT2D eigenvalue weighted by Gasteiger charge is 2.31. The maximum Gasteiger partial charge on any atom is 0.0847 e. The third kappa shape index (κ3) is 3.91. The van der Waals surface area contributed by atoms with E-state index in [2.05, 4.69) is 4.90 Å². The Morgan fingerprint density at radius 3 is 2.53 bits per heavy atom. The van der Waals surface area contributed by atoms with Gasteiger partial charge < -0.3 is 20.1 Å². The summed E-state index contributed by atoms with van der Waals surface area (Å²) in [6, 6.07) is 0. The van der Waals surface area contributed by atoms with Crippen LogP contribution in [0.25, 0.3) is 0 Å². The van der Waals surface area contributed by atoms with Gasteiger partial charge in [-0.1, -0.05) is 0 Å². The molecule has 100 valence electrons. The van der Waals surface area contributed by atoms with Gasteiger partial charge in [-0.15, -0.1) is 0 Å². The van der Waals surface area contributed by atoms with Gasteiger partial charge in [0, 0.05) is 45.8 Å². The van der Waals surface area contributed by atoms with Gasteiger partial charge in [0.1, 0.15) is 0 Å². The van der Waals surface area contributed by atoms with Crippen molar-refractivity contribution in [2.75, 3.05) is 46.0 Å². The Morgan fingerprint density at radius 2 is 1.88 bits per heavy atom. The number of rotatable bonds is 6. The number of ether oxygens (including phenoxy) is 2. The molecule has 2 aliphatic rings. The zero-order valence-corrected chi connectivity index (χ0v) is 10.8.